The van der Waals surface area contributed by atoms with Crippen molar-refractivity contribution in [3.8, 4) is 0 Å². The lowest BCUT2D eigenvalue weighted by Gasteiger charge is -2.22. The molecule has 4 rings (SSSR count). The summed E-state index contributed by atoms with van der Waals surface area (Å²) in [6.07, 6.45) is 3.27. The van der Waals surface area contributed by atoms with Gasteiger partial charge in [0, 0.05) is 29.2 Å². The molecule has 6 heteroatoms. The summed E-state index contributed by atoms with van der Waals surface area (Å²) in [4.78, 5) is 24.8. The Bertz CT molecular complexity index is 1210. The van der Waals surface area contributed by atoms with Crippen LogP contribution in [0.4, 0.5) is 5.69 Å². The molecule has 4 aromatic rings. The van der Waals surface area contributed by atoms with Crippen molar-refractivity contribution in [1.82, 2.24) is 15.0 Å². The number of Topliss-reactive ketones (excluding diaryl/α,β-unsaturated/α-hetero) is 1. The van der Waals surface area contributed by atoms with Gasteiger partial charge in [0.05, 0.1) is 22.2 Å². The number of carbonyl (C=O) groups is 1. The van der Waals surface area contributed by atoms with Gasteiger partial charge in [0.15, 0.2) is 5.82 Å². The van der Waals surface area contributed by atoms with E-state index in [4.69, 9.17) is 11.1 Å². The van der Waals surface area contributed by atoms with Gasteiger partial charge in [-0.05, 0) is 43.7 Å². The number of aromatic amines is 1. The number of carbonyl (C=O) groups excluding carboxylic acids is 1. The zero-order valence-corrected chi connectivity index (χ0v) is 16.2. The number of rotatable bonds is 5. The van der Waals surface area contributed by atoms with Gasteiger partial charge in [-0.2, -0.15) is 0 Å². The minimum Gasteiger partial charge on any atom is -0.398 e. The molecule has 0 atom stereocenters. The molecule has 0 aliphatic heterocycles. The molecule has 144 valence electrons. The van der Waals surface area contributed by atoms with Crippen LogP contribution in [0.2, 0.25) is 0 Å². The normalized spacial score (nSPS) is 11.5. The van der Waals surface area contributed by atoms with E-state index < -0.39 is 5.41 Å². The summed E-state index contributed by atoms with van der Waals surface area (Å²) in [5.74, 6) is 0.171. The SMILES string of the molecule is CC(C)(C(=O)c1nc2cc(N)c(C(=N)c3ccncc3)cc2[nH]1)c1ccccc1. The monoisotopic (exact) mass is 383 g/mol. The Labute approximate surface area is 168 Å². The van der Waals surface area contributed by atoms with E-state index in [1.165, 1.54) is 0 Å². The van der Waals surface area contributed by atoms with Crippen LogP contribution in [0.1, 0.15) is 41.2 Å². The second-order valence-electron chi connectivity index (χ2n) is 7.47. The number of nitrogens with two attached hydrogens (primary N) is 1. The highest BCUT2D eigenvalue weighted by Crippen LogP contribution is 2.29. The van der Waals surface area contributed by atoms with E-state index in [0.29, 0.717) is 33.6 Å². The molecule has 0 spiro atoms. The number of aromatic nitrogens is 3. The molecule has 0 bridgehead atoms. The third-order valence-electron chi connectivity index (χ3n) is 5.17. The van der Waals surface area contributed by atoms with Crippen LogP contribution >= 0.6 is 0 Å². The largest absolute Gasteiger partial charge is 0.398 e. The van der Waals surface area contributed by atoms with Crippen molar-refractivity contribution in [1.29, 1.82) is 5.41 Å². The number of nitrogen functional groups attached to an aromatic ring is 1. The maximum Gasteiger partial charge on any atom is 0.207 e. The number of benzene rings is 2. The van der Waals surface area contributed by atoms with Gasteiger partial charge in [-0.3, -0.25) is 15.2 Å². The van der Waals surface area contributed by atoms with Gasteiger partial charge >= 0.3 is 0 Å². The van der Waals surface area contributed by atoms with E-state index in [1.54, 1.807) is 36.7 Å². The van der Waals surface area contributed by atoms with Gasteiger partial charge in [-0.25, -0.2) is 4.98 Å². The first-order chi connectivity index (χ1) is 13.9. The average Bonchev–Trinajstić information content (AvgIpc) is 3.16. The van der Waals surface area contributed by atoms with Crippen molar-refractivity contribution in [2.75, 3.05) is 5.73 Å². The molecule has 0 amide bonds. The van der Waals surface area contributed by atoms with Crippen LogP contribution in [0, 0.1) is 5.41 Å². The van der Waals surface area contributed by atoms with Gasteiger partial charge < -0.3 is 10.7 Å². The molecule has 0 radical (unpaired) electrons. The van der Waals surface area contributed by atoms with E-state index in [1.807, 2.05) is 44.2 Å². The highest BCUT2D eigenvalue weighted by molar-refractivity contribution is 6.15. The van der Waals surface area contributed by atoms with E-state index in [-0.39, 0.29) is 11.6 Å². The number of nitrogens with zero attached hydrogens (tertiary/aromatic N) is 2. The number of anilines is 1. The molecule has 0 fully saturated rings. The smallest absolute Gasteiger partial charge is 0.207 e. The predicted octanol–water partition coefficient (Wildman–Crippen LogP) is 4.12. The fourth-order valence-electron chi connectivity index (χ4n) is 3.35. The molecule has 2 aromatic carbocycles. The summed E-state index contributed by atoms with van der Waals surface area (Å²) in [6.45, 7) is 3.77. The molecule has 2 heterocycles. The van der Waals surface area contributed by atoms with Crippen molar-refractivity contribution in [3.63, 3.8) is 0 Å². The Morgan fingerprint density at radius 3 is 2.45 bits per heavy atom. The van der Waals surface area contributed by atoms with Gasteiger partial charge in [-0.15, -0.1) is 0 Å². The topological polar surface area (TPSA) is 109 Å². The number of fused-ring (bicyclic) bond motifs is 1. The summed E-state index contributed by atoms with van der Waals surface area (Å²) < 4.78 is 0. The first-order valence-corrected chi connectivity index (χ1v) is 9.27. The molecule has 4 N–H and O–H groups in total. The van der Waals surface area contributed by atoms with E-state index >= 15 is 0 Å². The number of pyridine rings is 1. The number of ketones is 1. The van der Waals surface area contributed by atoms with Crippen LogP contribution in [0.25, 0.3) is 11.0 Å². The minimum absolute atomic E-state index is 0.107. The Morgan fingerprint density at radius 2 is 1.76 bits per heavy atom. The summed E-state index contributed by atoms with van der Waals surface area (Å²) >= 11 is 0. The summed E-state index contributed by atoms with van der Waals surface area (Å²) in [6, 6.07) is 16.6. The first kappa shape index (κ1) is 18.6. The standard InChI is InChI=1S/C23H21N5O/c1-23(2,15-6-4-3-5-7-15)21(29)22-27-18-12-16(17(24)13-19(18)28-22)20(25)14-8-10-26-11-9-14/h3-13,25H,24H2,1-2H3,(H,27,28). The second-order valence-corrected chi connectivity index (χ2v) is 7.47. The molecule has 0 saturated heterocycles. The van der Waals surface area contributed by atoms with Crippen LogP contribution in [0.5, 0.6) is 0 Å². The lowest BCUT2D eigenvalue weighted by atomic mass is 9.80. The molecular weight excluding hydrogens is 362 g/mol. The van der Waals surface area contributed by atoms with Crippen molar-refractivity contribution in [2.24, 2.45) is 0 Å². The minimum atomic E-state index is -0.729. The van der Waals surface area contributed by atoms with Crippen molar-refractivity contribution >= 4 is 28.2 Å². The third-order valence-corrected chi connectivity index (χ3v) is 5.17. The molecule has 6 nitrogen and oxygen atoms in total. The van der Waals surface area contributed by atoms with Crippen LogP contribution in [-0.4, -0.2) is 26.4 Å². The van der Waals surface area contributed by atoms with E-state index in [0.717, 1.165) is 5.56 Å². The maximum absolute atomic E-state index is 13.2. The van der Waals surface area contributed by atoms with Crippen LogP contribution in [0.3, 0.4) is 0 Å². The van der Waals surface area contributed by atoms with Crippen LogP contribution in [-0.2, 0) is 5.41 Å². The van der Waals surface area contributed by atoms with Crippen molar-refractivity contribution in [2.45, 2.75) is 19.3 Å². The number of hydrogen-bond acceptors (Lipinski definition) is 5. The Balaban J connectivity index is 1.74. The third kappa shape index (κ3) is 3.29. The summed E-state index contributed by atoms with van der Waals surface area (Å²) in [7, 11) is 0. The highest BCUT2D eigenvalue weighted by Gasteiger charge is 2.32. The number of H-pyrrole nitrogens is 1. The lowest BCUT2D eigenvalue weighted by Crippen LogP contribution is -2.29. The molecule has 0 aliphatic rings. The fourth-order valence-corrected chi connectivity index (χ4v) is 3.35. The van der Waals surface area contributed by atoms with Gasteiger partial charge in [0.2, 0.25) is 5.78 Å². The quantitative estimate of drug-likeness (QED) is 0.274. The van der Waals surface area contributed by atoms with Crippen molar-refractivity contribution < 1.29 is 4.79 Å². The van der Waals surface area contributed by atoms with E-state index in [9.17, 15) is 4.79 Å². The number of nitrogens with one attached hydrogen (secondary N) is 2. The zero-order chi connectivity index (χ0) is 20.6. The average molecular weight is 383 g/mol. The van der Waals surface area contributed by atoms with Crippen molar-refractivity contribution in [3.05, 3.63) is 89.5 Å². The Hall–Kier alpha value is -3.80. The number of hydrogen-bond donors (Lipinski definition) is 3. The van der Waals surface area contributed by atoms with Gasteiger partial charge in [0.1, 0.15) is 0 Å². The Morgan fingerprint density at radius 1 is 1.07 bits per heavy atom. The van der Waals surface area contributed by atoms with Crippen LogP contribution in [0.15, 0.2) is 67.0 Å². The lowest BCUT2D eigenvalue weighted by molar-refractivity contribution is 0.0899. The van der Waals surface area contributed by atoms with E-state index in [2.05, 4.69) is 15.0 Å². The Kier molecular flexibility index (Phi) is 4.47. The zero-order valence-electron chi connectivity index (χ0n) is 16.2. The van der Waals surface area contributed by atoms with Gasteiger partial charge in [0.25, 0.3) is 0 Å². The molecular formula is C23H21N5O. The second kappa shape index (κ2) is 6.98. The summed E-state index contributed by atoms with van der Waals surface area (Å²) in [5.41, 5.74) is 9.67. The highest BCUT2D eigenvalue weighted by atomic mass is 16.1. The molecule has 0 aliphatic carbocycles. The molecule has 0 saturated carbocycles. The number of imidazole rings is 1. The predicted molar refractivity (Wildman–Crippen MR) is 114 cm³/mol. The molecule has 0 unspecified atom stereocenters. The summed E-state index contributed by atoms with van der Waals surface area (Å²) in [5, 5.41) is 8.48. The molecule has 29 heavy (non-hydrogen) atoms. The maximum atomic E-state index is 13.2. The fraction of sp³-hybridized carbons (Fsp3) is 0.130. The van der Waals surface area contributed by atoms with Crippen LogP contribution < -0.4 is 5.73 Å². The first-order valence-electron chi connectivity index (χ1n) is 9.27. The molecule has 2 aromatic heterocycles. The van der Waals surface area contributed by atoms with Gasteiger partial charge in [-0.1, -0.05) is 30.3 Å².